The maximum atomic E-state index is 9.23. The predicted molar refractivity (Wildman–Crippen MR) is 66.9 cm³/mol. The van der Waals surface area contributed by atoms with Gasteiger partial charge in [-0.15, -0.1) is 0 Å². The van der Waals surface area contributed by atoms with Gasteiger partial charge in [0.1, 0.15) is 0 Å². The van der Waals surface area contributed by atoms with Crippen molar-refractivity contribution in [1.29, 1.82) is 0 Å². The third-order valence-electron chi connectivity index (χ3n) is 3.01. The van der Waals surface area contributed by atoms with Crippen LogP contribution in [-0.2, 0) is 19.4 Å². The van der Waals surface area contributed by atoms with E-state index in [4.69, 9.17) is 11.6 Å². The van der Waals surface area contributed by atoms with E-state index in [0.717, 1.165) is 42.2 Å². The van der Waals surface area contributed by atoms with E-state index in [1.807, 2.05) is 4.68 Å². The van der Waals surface area contributed by atoms with Crippen LogP contribution in [0.1, 0.15) is 38.6 Å². The van der Waals surface area contributed by atoms with E-state index in [0.29, 0.717) is 0 Å². The average molecular weight is 245 g/mol. The second-order valence-electron chi connectivity index (χ2n) is 4.04. The number of halogens is 1. The highest BCUT2D eigenvalue weighted by Crippen LogP contribution is 2.24. The first-order chi connectivity index (χ1) is 7.67. The summed E-state index contributed by atoms with van der Waals surface area (Å²) >= 11 is 6.30. The van der Waals surface area contributed by atoms with E-state index in [9.17, 15) is 5.11 Å². The van der Waals surface area contributed by atoms with Gasteiger partial charge in [0.05, 0.1) is 16.4 Å². The second kappa shape index (κ2) is 6.26. The molecule has 0 fully saturated rings. The van der Waals surface area contributed by atoms with Crippen molar-refractivity contribution in [3.8, 4) is 0 Å². The molecule has 0 saturated carbocycles. The molecule has 1 rings (SSSR count). The van der Waals surface area contributed by atoms with Crippen LogP contribution in [0.15, 0.2) is 0 Å². The summed E-state index contributed by atoms with van der Waals surface area (Å²) in [7, 11) is 0. The van der Waals surface area contributed by atoms with E-state index in [2.05, 4.69) is 25.9 Å². The molecule has 0 aliphatic carbocycles. The maximum absolute atomic E-state index is 9.23. The average Bonchev–Trinajstić information content (AvgIpc) is 2.62. The van der Waals surface area contributed by atoms with Crippen LogP contribution < -0.4 is 0 Å². The zero-order valence-corrected chi connectivity index (χ0v) is 11.1. The molecule has 1 aromatic rings. The van der Waals surface area contributed by atoms with Crippen LogP contribution in [0.5, 0.6) is 0 Å². The number of rotatable bonds is 6. The Bertz CT molecular complexity index is 332. The normalized spacial score (nSPS) is 13.1. The number of nitrogens with zero attached hydrogens (tertiary/aromatic N) is 2. The summed E-state index contributed by atoms with van der Waals surface area (Å²) in [5, 5.41) is 14.5. The van der Waals surface area contributed by atoms with Gasteiger partial charge in [-0.05, 0) is 25.7 Å². The van der Waals surface area contributed by atoms with Gasteiger partial charge in [0.15, 0.2) is 0 Å². The lowest BCUT2D eigenvalue weighted by molar-refractivity contribution is 0.220. The van der Waals surface area contributed by atoms with Crippen LogP contribution in [0.2, 0.25) is 5.02 Å². The Morgan fingerprint density at radius 2 is 2.06 bits per heavy atom. The lowest BCUT2D eigenvalue weighted by Crippen LogP contribution is -2.12. The minimum absolute atomic E-state index is 0.211. The van der Waals surface area contributed by atoms with Crippen molar-refractivity contribution in [2.75, 3.05) is 6.61 Å². The summed E-state index contributed by atoms with van der Waals surface area (Å²) < 4.78 is 1.96. The standard InChI is InChI=1S/C12H21ClN2O/c1-4-9(8-16)7-11-12(13)10(5-2)14-15(11)6-3/h9,16H,4-8H2,1-3H3. The molecule has 0 aromatic carbocycles. The van der Waals surface area contributed by atoms with Crippen LogP contribution in [0.4, 0.5) is 0 Å². The topological polar surface area (TPSA) is 38.0 Å². The lowest BCUT2D eigenvalue weighted by atomic mass is 10.0. The van der Waals surface area contributed by atoms with Crippen LogP contribution in [0.3, 0.4) is 0 Å². The molecule has 4 heteroatoms. The van der Waals surface area contributed by atoms with E-state index in [1.165, 1.54) is 0 Å². The van der Waals surface area contributed by atoms with Crippen LogP contribution in [0, 0.1) is 5.92 Å². The molecule has 16 heavy (non-hydrogen) atoms. The highest BCUT2D eigenvalue weighted by Gasteiger charge is 2.17. The number of aryl methyl sites for hydroxylation is 2. The highest BCUT2D eigenvalue weighted by atomic mass is 35.5. The van der Waals surface area contributed by atoms with Crippen molar-refractivity contribution in [2.24, 2.45) is 5.92 Å². The molecule has 0 aliphatic rings. The maximum Gasteiger partial charge on any atom is 0.0849 e. The molecule has 1 heterocycles. The molecular formula is C12H21ClN2O. The molecule has 0 amide bonds. The molecular weight excluding hydrogens is 224 g/mol. The van der Waals surface area contributed by atoms with Gasteiger partial charge in [0.2, 0.25) is 0 Å². The minimum Gasteiger partial charge on any atom is -0.396 e. The zero-order valence-electron chi connectivity index (χ0n) is 10.3. The summed E-state index contributed by atoms with van der Waals surface area (Å²) in [5.41, 5.74) is 2.04. The van der Waals surface area contributed by atoms with Gasteiger partial charge in [-0.3, -0.25) is 4.68 Å². The summed E-state index contributed by atoms with van der Waals surface area (Å²) in [4.78, 5) is 0. The number of aliphatic hydroxyl groups excluding tert-OH is 1. The molecule has 0 spiro atoms. The lowest BCUT2D eigenvalue weighted by Gasteiger charge is -2.12. The Labute approximate surface area is 102 Å². The fourth-order valence-electron chi connectivity index (χ4n) is 1.82. The second-order valence-corrected chi connectivity index (χ2v) is 4.42. The summed E-state index contributed by atoms with van der Waals surface area (Å²) in [5.74, 6) is 0.282. The number of aliphatic hydroxyl groups is 1. The molecule has 3 nitrogen and oxygen atoms in total. The van der Waals surface area contributed by atoms with Crippen molar-refractivity contribution in [3.05, 3.63) is 16.4 Å². The van der Waals surface area contributed by atoms with Gasteiger partial charge < -0.3 is 5.11 Å². The highest BCUT2D eigenvalue weighted by molar-refractivity contribution is 6.31. The largest absolute Gasteiger partial charge is 0.396 e. The Morgan fingerprint density at radius 1 is 1.38 bits per heavy atom. The van der Waals surface area contributed by atoms with Crippen molar-refractivity contribution in [1.82, 2.24) is 9.78 Å². The Kier molecular flexibility index (Phi) is 5.29. The third-order valence-corrected chi connectivity index (χ3v) is 3.45. The number of hydrogen-bond acceptors (Lipinski definition) is 2. The Morgan fingerprint density at radius 3 is 2.50 bits per heavy atom. The SMILES string of the molecule is CCc1nn(CC)c(CC(CC)CO)c1Cl. The van der Waals surface area contributed by atoms with E-state index in [-0.39, 0.29) is 12.5 Å². The van der Waals surface area contributed by atoms with Gasteiger partial charge in [-0.2, -0.15) is 5.10 Å². The molecule has 0 saturated heterocycles. The van der Waals surface area contributed by atoms with E-state index in [1.54, 1.807) is 0 Å². The van der Waals surface area contributed by atoms with Crippen LogP contribution >= 0.6 is 11.6 Å². The first-order valence-electron chi connectivity index (χ1n) is 6.02. The molecule has 0 bridgehead atoms. The first-order valence-corrected chi connectivity index (χ1v) is 6.40. The molecule has 0 aliphatic heterocycles. The first kappa shape index (κ1) is 13.5. The summed E-state index contributed by atoms with van der Waals surface area (Å²) in [6.07, 6.45) is 2.63. The summed E-state index contributed by atoms with van der Waals surface area (Å²) in [6, 6.07) is 0. The van der Waals surface area contributed by atoms with Crippen molar-refractivity contribution in [2.45, 2.75) is 46.6 Å². The molecule has 1 unspecified atom stereocenters. The molecule has 1 atom stereocenters. The van der Waals surface area contributed by atoms with Gasteiger partial charge in [0, 0.05) is 13.2 Å². The smallest absolute Gasteiger partial charge is 0.0849 e. The van der Waals surface area contributed by atoms with E-state index >= 15 is 0 Å². The fourth-order valence-corrected chi connectivity index (χ4v) is 2.17. The Hall–Kier alpha value is -0.540. The molecule has 1 aromatic heterocycles. The zero-order chi connectivity index (χ0) is 12.1. The molecule has 1 N–H and O–H groups in total. The van der Waals surface area contributed by atoms with Crippen LogP contribution in [0.25, 0.3) is 0 Å². The van der Waals surface area contributed by atoms with Gasteiger partial charge in [-0.25, -0.2) is 0 Å². The Balaban J connectivity index is 2.96. The van der Waals surface area contributed by atoms with Crippen LogP contribution in [-0.4, -0.2) is 21.5 Å². The van der Waals surface area contributed by atoms with Gasteiger partial charge in [0.25, 0.3) is 0 Å². The van der Waals surface area contributed by atoms with E-state index < -0.39 is 0 Å². The van der Waals surface area contributed by atoms with Gasteiger partial charge in [-0.1, -0.05) is 31.9 Å². The number of aromatic nitrogens is 2. The van der Waals surface area contributed by atoms with Crippen molar-refractivity contribution in [3.63, 3.8) is 0 Å². The third kappa shape index (κ3) is 2.77. The van der Waals surface area contributed by atoms with Gasteiger partial charge >= 0.3 is 0 Å². The molecule has 0 radical (unpaired) electrons. The van der Waals surface area contributed by atoms with Crippen molar-refractivity contribution < 1.29 is 5.11 Å². The minimum atomic E-state index is 0.211. The van der Waals surface area contributed by atoms with Crippen molar-refractivity contribution >= 4 is 11.6 Å². The fraction of sp³-hybridized carbons (Fsp3) is 0.750. The predicted octanol–water partition coefficient (Wildman–Crippen LogP) is 2.68. The summed E-state index contributed by atoms with van der Waals surface area (Å²) in [6.45, 7) is 7.25. The number of hydrogen-bond donors (Lipinski definition) is 1. The quantitative estimate of drug-likeness (QED) is 0.836. The molecule has 92 valence electrons. The monoisotopic (exact) mass is 244 g/mol.